The molecule has 2 rings (SSSR count). The van der Waals surface area contributed by atoms with E-state index in [9.17, 15) is 9.18 Å². The molecule has 20 heavy (non-hydrogen) atoms. The molecule has 0 saturated carbocycles. The zero-order valence-corrected chi connectivity index (χ0v) is 12.2. The number of nitrogens with zero attached hydrogens (tertiary/aromatic N) is 2. The molecule has 1 aromatic carbocycles. The van der Waals surface area contributed by atoms with Gasteiger partial charge in [-0.15, -0.1) is 0 Å². The smallest absolute Gasteiger partial charge is 0.223 e. The van der Waals surface area contributed by atoms with Gasteiger partial charge in [-0.2, -0.15) is 0 Å². The number of hydrogen-bond donors (Lipinski definition) is 1. The summed E-state index contributed by atoms with van der Waals surface area (Å²) in [6.45, 7) is 3.54. The van der Waals surface area contributed by atoms with Crippen LogP contribution in [-0.2, 0) is 11.3 Å². The van der Waals surface area contributed by atoms with Crippen LogP contribution in [-0.4, -0.2) is 48.9 Å². The zero-order valence-electron chi connectivity index (χ0n) is 11.5. The summed E-state index contributed by atoms with van der Waals surface area (Å²) in [5.74, 6) is -0.895. The normalized spacial score (nSPS) is 21.6. The predicted octanol–water partition coefficient (Wildman–Crippen LogP) is 1.33. The standard InChI is InChI=1S/C14H19ClFN3O/c1-18-4-5-19(9-11(8-18)14(17)20)7-10-2-3-12(15)13(16)6-10/h2-3,6,11H,4-5,7-9H2,1H3,(H2,17,20). The fourth-order valence-corrected chi connectivity index (χ4v) is 2.58. The molecule has 0 spiro atoms. The lowest BCUT2D eigenvalue weighted by atomic mass is 10.1. The largest absolute Gasteiger partial charge is 0.369 e. The Labute approximate surface area is 123 Å². The molecule has 110 valence electrons. The van der Waals surface area contributed by atoms with E-state index in [1.807, 2.05) is 7.05 Å². The SMILES string of the molecule is CN1CCN(Cc2ccc(Cl)c(F)c2)CC(C(N)=O)C1. The molecular formula is C14H19ClFN3O. The van der Waals surface area contributed by atoms with Crippen molar-refractivity contribution in [3.8, 4) is 0 Å². The van der Waals surface area contributed by atoms with E-state index in [1.165, 1.54) is 6.07 Å². The van der Waals surface area contributed by atoms with Crippen molar-refractivity contribution in [1.29, 1.82) is 0 Å². The molecule has 0 radical (unpaired) electrons. The first kappa shape index (κ1) is 15.2. The molecule has 1 heterocycles. The quantitative estimate of drug-likeness (QED) is 0.916. The lowest BCUT2D eigenvalue weighted by Gasteiger charge is -2.22. The van der Waals surface area contributed by atoms with Gasteiger partial charge in [0.1, 0.15) is 5.82 Å². The Morgan fingerprint density at radius 3 is 2.85 bits per heavy atom. The molecule has 0 bridgehead atoms. The van der Waals surface area contributed by atoms with E-state index in [2.05, 4.69) is 9.80 Å². The van der Waals surface area contributed by atoms with Crippen LogP contribution in [0.3, 0.4) is 0 Å². The van der Waals surface area contributed by atoms with Crippen molar-refractivity contribution < 1.29 is 9.18 Å². The third-order valence-electron chi connectivity index (χ3n) is 3.60. The second-order valence-corrected chi connectivity index (χ2v) is 5.75. The third kappa shape index (κ3) is 3.91. The summed E-state index contributed by atoms with van der Waals surface area (Å²) in [5.41, 5.74) is 6.28. The van der Waals surface area contributed by atoms with Crippen LogP contribution in [0, 0.1) is 11.7 Å². The summed E-state index contributed by atoms with van der Waals surface area (Å²) < 4.78 is 13.4. The number of nitrogens with two attached hydrogens (primary N) is 1. The molecule has 0 aromatic heterocycles. The van der Waals surface area contributed by atoms with Gasteiger partial charge in [-0.3, -0.25) is 9.69 Å². The molecule has 1 aromatic rings. The molecule has 0 aliphatic carbocycles. The highest BCUT2D eigenvalue weighted by atomic mass is 35.5. The van der Waals surface area contributed by atoms with Crippen LogP contribution in [0.4, 0.5) is 4.39 Å². The van der Waals surface area contributed by atoms with E-state index < -0.39 is 5.82 Å². The summed E-state index contributed by atoms with van der Waals surface area (Å²) >= 11 is 5.68. The molecule has 6 heteroatoms. The summed E-state index contributed by atoms with van der Waals surface area (Å²) in [5, 5.41) is 0.124. The Morgan fingerprint density at radius 1 is 1.45 bits per heavy atom. The van der Waals surface area contributed by atoms with E-state index in [1.54, 1.807) is 12.1 Å². The van der Waals surface area contributed by atoms with Crippen molar-refractivity contribution in [1.82, 2.24) is 9.80 Å². The molecule has 1 fully saturated rings. The highest BCUT2D eigenvalue weighted by Crippen LogP contribution is 2.18. The van der Waals surface area contributed by atoms with E-state index in [0.717, 1.165) is 18.7 Å². The molecular weight excluding hydrogens is 281 g/mol. The van der Waals surface area contributed by atoms with Gasteiger partial charge in [0.2, 0.25) is 5.91 Å². The molecule has 1 aliphatic heterocycles. The molecule has 1 atom stereocenters. The fourth-order valence-electron chi connectivity index (χ4n) is 2.46. The number of carbonyl (C=O) groups is 1. The Morgan fingerprint density at radius 2 is 2.20 bits per heavy atom. The molecule has 1 unspecified atom stereocenters. The van der Waals surface area contributed by atoms with Crippen molar-refractivity contribution in [3.05, 3.63) is 34.6 Å². The van der Waals surface area contributed by atoms with Crippen molar-refractivity contribution in [3.63, 3.8) is 0 Å². The van der Waals surface area contributed by atoms with Gasteiger partial charge >= 0.3 is 0 Å². The van der Waals surface area contributed by atoms with Crippen LogP contribution in [0.2, 0.25) is 5.02 Å². The first-order valence-corrected chi connectivity index (χ1v) is 6.97. The van der Waals surface area contributed by atoms with E-state index in [0.29, 0.717) is 19.6 Å². The van der Waals surface area contributed by atoms with E-state index in [-0.39, 0.29) is 16.8 Å². The molecule has 1 saturated heterocycles. The van der Waals surface area contributed by atoms with Crippen LogP contribution in [0.1, 0.15) is 5.56 Å². The Hall–Kier alpha value is -1.17. The second-order valence-electron chi connectivity index (χ2n) is 5.35. The minimum Gasteiger partial charge on any atom is -0.369 e. The van der Waals surface area contributed by atoms with Gasteiger partial charge < -0.3 is 10.6 Å². The maximum Gasteiger partial charge on any atom is 0.223 e. The van der Waals surface area contributed by atoms with Crippen molar-refractivity contribution in [2.75, 3.05) is 33.2 Å². The number of rotatable bonds is 3. The van der Waals surface area contributed by atoms with Gasteiger partial charge in [-0.1, -0.05) is 17.7 Å². The number of likely N-dealkylation sites (N-methyl/N-ethyl adjacent to an activating group) is 1. The van der Waals surface area contributed by atoms with Crippen LogP contribution in [0.5, 0.6) is 0 Å². The number of primary amides is 1. The van der Waals surface area contributed by atoms with Crippen LogP contribution in [0.15, 0.2) is 18.2 Å². The highest BCUT2D eigenvalue weighted by molar-refractivity contribution is 6.30. The van der Waals surface area contributed by atoms with Gasteiger partial charge in [0.25, 0.3) is 0 Å². The van der Waals surface area contributed by atoms with Crippen molar-refractivity contribution >= 4 is 17.5 Å². The molecule has 1 aliphatic rings. The van der Waals surface area contributed by atoms with Gasteiger partial charge in [0.15, 0.2) is 0 Å². The number of amides is 1. The van der Waals surface area contributed by atoms with Gasteiger partial charge in [-0.25, -0.2) is 4.39 Å². The van der Waals surface area contributed by atoms with Crippen LogP contribution in [0.25, 0.3) is 0 Å². The highest BCUT2D eigenvalue weighted by Gasteiger charge is 2.24. The number of benzene rings is 1. The Bertz CT molecular complexity index is 497. The van der Waals surface area contributed by atoms with E-state index >= 15 is 0 Å². The summed E-state index contributed by atoms with van der Waals surface area (Å²) in [6, 6.07) is 4.80. The molecule has 4 nitrogen and oxygen atoms in total. The topological polar surface area (TPSA) is 49.6 Å². The third-order valence-corrected chi connectivity index (χ3v) is 3.91. The summed E-state index contributed by atoms with van der Waals surface area (Å²) in [4.78, 5) is 15.7. The lowest BCUT2D eigenvalue weighted by molar-refractivity contribution is -0.122. The fraction of sp³-hybridized carbons (Fsp3) is 0.500. The maximum atomic E-state index is 13.4. The summed E-state index contributed by atoms with van der Waals surface area (Å²) in [6.07, 6.45) is 0. The van der Waals surface area contributed by atoms with Gasteiger partial charge in [0.05, 0.1) is 10.9 Å². The monoisotopic (exact) mass is 299 g/mol. The number of carbonyl (C=O) groups excluding carboxylic acids is 1. The first-order chi connectivity index (χ1) is 9.45. The predicted molar refractivity (Wildman–Crippen MR) is 76.9 cm³/mol. The molecule has 2 N–H and O–H groups in total. The van der Waals surface area contributed by atoms with Crippen molar-refractivity contribution in [2.45, 2.75) is 6.54 Å². The average molecular weight is 300 g/mol. The minimum atomic E-state index is -0.414. The molecule has 1 amide bonds. The van der Waals surface area contributed by atoms with Gasteiger partial charge in [-0.05, 0) is 24.7 Å². The number of hydrogen-bond acceptors (Lipinski definition) is 3. The van der Waals surface area contributed by atoms with Crippen molar-refractivity contribution in [2.24, 2.45) is 11.7 Å². The minimum absolute atomic E-state index is 0.124. The van der Waals surface area contributed by atoms with Gasteiger partial charge in [0, 0.05) is 32.7 Å². The Kier molecular flexibility index (Phi) is 4.96. The summed E-state index contributed by atoms with van der Waals surface area (Å²) in [7, 11) is 1.97. The van der Waals surface area contributed by atoms with Crippen LogP contribution >= 0.6 is 11.6 Å². The zero-order chi connectivity index (χ0) is 14.7. The lowest BCUT2D eigenvalue weighted by Crippen LogP contribution is -2.37. The van der Waals surface area contributed by atoms with Crippen LogP contribution < -0.4 is 5.73 Å². The number of halogens is 2. The first-order valence-electron chi connectivity index (χ1n) is 6.60. The second kappa shape index (κ2) is 6.52. The maximum absolute atomic E-state index is 13.4. The average Bonchev–Trinajstić information content (AvgIpc) is 2.56. The van der Waals surface area contributed by atoms with E-state index in [4.69, 9.17) is 17.3 Å². The Balaban J connectivity index is 2.07.